The Kier molecular flexibility index (Phi) is 5.44. The predicted molar refractivity (Wildman–Crippen MR) is 86.8 cm³/mol. The van der Waals surface area contributed by atoms with Crippen LogP contribution in [-0.2, 0) is 6.42 Å². The molecule has 0 aliphatic carbocycles. The highest BCUT2D eigenvalue weighted by Crippen LogP contribution is 2.16. The number of benzene rings is 2. The first kappa shape index (κ1) is 14.4. The molecule has 0 spiro atoms. The van der Waals surface area contributed by atoms with E-state index in [1.54, 1.807) is 0 Å². The van der Waals surface area contributed by atoms with Crippen molar-refractivity contribution >= 4 is 0 Å². The van der Waals surface area contributed by atoms with Crippen LogP contribution in [0.25, 0.3) is 0 Å². The zero-order valence-corrected chi connectivity index (χ0v) is 12.4. The maximum Gasteiger partial charge on any atom is 0.0280 e. The molecule has 0 aliphatic rings. The van der Waals surface area contributed by atoms with Crippen LogP contribution in [0, 0.1) is 18.8 Å². The number of unbranched alkanes of at least 4 members (excludes halogenated alkanes) is 2. The fourth-order valence-electron chi connectivity index (χ4n) is 2.23. The lowest BCUT2D eigenvalue weighted by atomic mass is 9.97. The maximum absolute atomic E-state index is 3.34. The highest BCUT2D eigenvalue weighted by Gasteiger charge is 2.02. The number of aryl methyl sites for hydroxylation is 1. The summed E-state index contributed by atoms with van der Waals surface area (Å²) in [5, 5.41) is 0. The van der Waals surface area contributed by atoms with Gasteiger partial charge in [-0.3, -0.25) is 0 Å². The van der Waals surface area contributed by atoms with Gasteiger partial charge in [0.15, 0.2) is 0 Å². The SMILES string of the molecule is CCCCC#Cc1ccccc1Cc1ccccc1C. The molecule has 0 N–H and O–H groups in total. The second kappa shape index (κ2) is 7.56. The van der Waals surface area contributed by atoms with Gasteiger partial charge in [-0.05, 0) is 42.5 Å². The van der Waals surface area contributed by atoms with E-state index in [1.807, 2.05) is 0 Å². The summed E-state index contributed by atoms with van der Waals surface area (Å²) in [6.07, 6.45) is 4.35. The fraction of sp³-hybridized carbons (Fsp3) is 0.300. The smallest absolute Gasteiger partial charge is 0.0280 e. The van der Waals surface area contributed by atoms with Gasteiger partial charge in [-0.2, -0.15) is 0 Å². The van der Waals surface area contributed by atoms with Crippen LogP contribution in [0.2, 0.25) is 0 Å². The molecular weight excluding hydrogens is 240 g/mol. The van der Waals surface area contributed by atoms with Crippen molar-refractivity contribution in [3.05, 3.63) is 70.8 Å². The largest absolute Gasteiger partial charge is 0.0979 e. The molecule has 0 amide bonds. The number of hydrogen-bond donors (Lipinski definition) is 0. The minimum atomic E-state index is 0.964. The van der Waals surface area contributed by atoms with Gasteiger partial charge in [-0.25, -0.2) is 0 Å². The molecular formula is C20H22. The van der Waals surface area contributed by atoms with Crippen LogP contribution in [0.1, 0.15) is 48.4 Å². The summed E-state index contributed by atoms with van der Waals surface area (Å²) in [7, 11) is 0. The van der Waals surface area contributed by atoms with Crippen LogP contribution in [0.4, 0.5) is 0 Å². The number of hydrogen-bond acceptors (Lipinski definition) is 0. The van der Waals surface area contributed by atoms with Crippen LogP contribution in [0.3, 0.4) is 0 Å². The van der Waals surface area contributed by atoms with Crippen molar-refractivity contribution in [2.45, 2.75) is 39.5 Å². The minimum absolute atomic E-state index is 0.964. The molecule has 0 heteroatoms. The summed E-state index contributed by atoms with van der Waals surface area (Å²) in [6.45, 7) is 4.37. The normalized spacial score (nSPS) is 9.90. The van der Waals surface area contributed by atoms with Gasteiger partial charge in [-0.1, -0.05) is 67.6 Å². The molecule has 0 heterocycles. The number of rotatable bonds is 4. The zero-order valence-electron chi connectivity index (χ0n) is 12.4. The summed E-state index contributed by atoms with van der Waals surface area (Å²) in [4.78, 5) is 0. The molecule has 0 aromatic heterocycles. The van der Waals surface area contributed by atoms with E-state index in [0.29, 0.717) is 0 Å². The lowest BCUT2D eigenvalue weighted by molar-refractivity contribution is 0.828. The summed E-state index contributed by atoms with van der Waals surface area (Å²) in [5.41, 5.74) is 5.23. The lowest BCUT2D eigenvalue weighted by Gasteiger charge is -2.07. The van der Waals surface area contributed by atoms with Gasteiger partial charge in [0.25, 0.3) is 0 Å². The Labute approximate surface area is 122 Å². The second-order valence-electron chi connectivity index (χ2n) is 5.17. The maximum atomic E-state index is 3.34. The van der Waals surface area contributed by atoms with Crippen molar-refractivity contribution in [1.82, 2.24) is 0 Å². The molecule has 0 fully saturated rings. The average Bonchev–Trinajstić information content (AvgIpc) is 2.47. The first-order chi connectivity index (χ1) is 9.81. The van der Waals surface area contributed by atoms with Gasteiger partial charge in [0.05, 0.1) is 0 Å². The standard InChI is InChI=1S/C20H22/c1-3-4-5-6-12-18-13-9-10-15-20(18)16-19-14-8-7-11-17(19)2/h7-11,13-15H,3-5,16H2,1-2H3. The Bertz CT molecular complexity index is 611. The third-order valence-electron chi connectivity index (χ3n) is 3.54. The van der Waals surface area contributed by atoms with Gasteiger partial charge in [0.1, 0.15) is 0 Å². The third kappa shape index (κ3) is 4.00. The van der Waals surface area contributed by atoms with E-state index in [1.165, 1.54) is 35.1 Å². The van der Waals surface area contributed by atoms with E-state index in [0.717, 1.165) is 12.8 Å². The molecule has 0 saturated heterocycles. The van der Waals surface area contributed by atoms with Crippen LogP contribution in [0.5, 0.6) is 0 Å². The Morgan fingerprint density at radius 2 is 1.60 bits per heavy atom. The van der Waals surface area contributed by atoms with Crippen molar-refractivity contribution in [3.63, 3.8) is 0 Å². The molecule has 0 saturated carbocycles. The van der Waals surface area contributed by atoms with E-state index in [4.69, 9.17) is 0 Å². The Morgan fingerprint density at radius 3 is 2.35 bits per heavy atom. The highest BCUT2D eigenvalue weighted by molar-refractivity contribution is 5.44. The first-order valence-electron chi connectivity index (χ1n) is 7.42. The van der Waals surface area contributed by atoms with E-state index in [2.05, 4.69) is 74.2 Å². The topological polar surface area (TPSA) is 0 Å². The summed E-state index contributed by atoms with van der Waals surface area (Å²) in [5.74, 6) is 6.63. The molecule has 2 rings (SSSR count). The molecule has 2 aromatic rings. The third-order valence-corrected chi connectivity index (χ3v) is 3.54. The van der Waals surface area contributed by atoms with Crippen molar-refractivity contribution in [2.24, 2.45) is 0 Å². The van der Waals surface area contributed by atoms with Gasteiger partial charge in [0, 0.05) is 12.0 Å². The molecule has 0 unspecified atom stereocenters. The van der Waals surface area contributed by atoms with Crippen LogP contribution in [0.15, 0.2) is 48.5 Å². The molecule has 0 nitrogen and oxygen atoms in total. The van der Waals surface area contributed by atoms with Crippen LogP contribution < -0.4 is 0 Å². The second-order valence-corrected chi connectivity index (χ2v) is 5.17. The molecule has 2 aromatic carbocycles. The molecule has 0 atom stereocenters. The monoisotopic (exact) mass is 262 g/mol. The highest BCUT2D eigenvalue weighted by atomic mass is 14.1. The zero-order chi connectivity index (χ0) is 14.2. The van der Waals surface area contributed by atoms with Crippen molar-refractivity contribution in [2.75, 3.05) is 0 Å². The van der Waals surface area contributed by atoms with Gasteiger partial charge < -0.3 is 0 Å². The fourth-order valence-corrected chi connectivity index (χ4v) is 2.23. The van der Waals surface area contributed by atoms with Crippen LogP contribution in [-0.4, -0.2) is 0 Å². The van der Waals surface area contributed by atoms with Gasteiger partial charge >= 0.3 is 0 Å². The molecule has 0 radical (unpaired) electrons. The molecule has 0 aliphatic heterocycles. The lowest BCUT2D eigenvalue weighted by Crippen LogP contribution is -1.94. The summed E-state index contributed by atoms with van der Waals surface area (Å²) in [6, 6.07) is 17.1. The molecule has 0 bridgehead atoms. The van der Waals surface area contributed by atoms with Crippen molar-refractivity contribution < 1.29 is 0 Å². The average molecular weight is 262 g/mol. The minimum Gasteiger partial charge on any atom is -0.0979 e. The van der Waals surface area contributed by atoms with Gasteiger partial charge in [0.2, 0.25) is 0 Å². The Morgan fingerprint density at radius 1 is 0.900 bits per heavy atom. The molecule has 102 valence electrons. The van der Waals surface area contributed by atoms with Crippen LogP contribution >= 0.6 is 0 Å². The van der Waals surface area contributed by atoms with E-state index in [-0.39, 0.29) is 0 Å². The van der Waals surface area contributed by atoms with E-state index < -0.39 is 0 Å². The van der Waals surface area contributed by atoms with Crippen molar-refractivity contribution in [1.29, 1.82) is 0 Å². The molecule has 20 heavy (non-hydrogen) atoms. The Hall–Kier alpha value is -2.00. The predicted octanol–water partition coefficient (Wildman–Crippen LogP) is 5.13. The van der Waals surface area contributed by atoms with E-state index in [9.17, 15) is 0 Å². The van der Waals surface area contributed by atoms with E-state index >= 15 is 0 Å². The van der Waals surface area contributed by atoms with Crippen molar-refractivity contribution in [3.8, 4) is 11.8 Å². The first-order valence-corrected chi connectivity index (χ1v) is 7.42. The summed E-state index contributed by atoms with van der Waals surface area (Å²) >= 11 is 0. The van der Waals surface area contributed by atoms with Gasteiger partial charge in [-0.15, -0.1) is 0 Å². The quantitative estimate of drug-likeness (QED) is 0.529. The summed E-state index contributed by atoms with van der Waals surface area (Å²) < 4.78 is 0. The Balaban J connectivity index is 2.19.